The van der Waals surface area contributed by atoms with E-state index in [9.17, 15) is 14.9 Å². The number of carbonyl (C=O) groups is 1. The highest BCUT2D eigenvalue weighted by Crippen LogP contribution is 2.23. The molecule has 6 nitrogen and oxygen atoms in total. The number of hydrogen-bond donors (Lipinski definition) is 0. The second-order valence-corrected chi connectivity index (χ2v) is 6.70. The summed E-state index contributed by atoms with van der Waals surface area (Å²) in [4.78, 5) is 29.4. The highest BCUT2D eigenvalue weighted by atomic mass is 32.2. The molecule has 0 spiro atoms. The van der Waals surface area contributed by atoms with Crippen LogP contribution in [-0.2, 0) is 5.75 Å². The van der Waals surface area contributed by atoms with Crippen molar-refractivity contribution in [2.24, 2.45) is 4.99 Å². The molecule has 0 saturated carbocycles. The Balaban J connectivity index is 1.63. The molecule has 0 aliphatic carbocycles. The molecule has 1 aromatic carbocycles. The Bertz CT molecular complexity index is 742. The number of thiophene rings is 1. The van der Waals surface area contributed by atoms with Gasteiger partial charge in [0, 0.05) is 24.4 Å². The third kappa shape index (κ3) is 3.59. The number of hydrogen-bond acceptors (Lipinski definition) is 6. The Morgan fingerprint density at radius 3 is 2.78 bits per heavy atom. The molecule has 118 valence electrons. The van der Waals surface area contributed by atoms with Crippen molar-refractivity contribution in [1.29, 1.82) is 0 Å². The number of nitrogens with zero attached hydrogens (tertiary/aromatic N) is 3. The van der Waals surface area contributed by atoms with Crippen LogP contribution in [0.5, 0.6) is 0 Å². The number of benzene rings is 1. The van der Waals surface area contributed by atoms with Crippen LogP contribution < -0.4 is 0 Å². The van der Waals surface area contributed by atoms with Gasteiger partial charge < -0.3 is 0 Å². The molecule has 8 heteroatoms. The summed E-state index contributed by atoms with van der Waals surface area (Å²) in [7, 11) is 0. The number of thioether (sulfide) groups is 1. The molecule has 2 aromatic rings. The van der Waals surface area contributed by atoms with Crippen LogP contribution in [0.3, 0.4) is 0 Å². The van der Waals surface area contributed by atoms with Crippen molar-refractivity contribution in [3.63, 3.8) is 0 Å². The van der Waals surface area contributed by atoms with E-state index in [-0.39, 0.29) is 11.6 Å². The summed E-state index contributed by atoms with van der Waals surface area (Å²) in [5.41, 5.74) is 1.03. The lowest BCUT2D eigenvalue weighted by atomic mass is 10.2. The Morgan fingerprint density at radius 2 is 2.13 bits per heavy atom. The lowest BCUT2D eigenvalue weighted by molar-refractivity contribution is -0.384. The van der Waals surface area contributed by atoms with E-state index in [4.69, 9.17) is 0 Å². The van der Waals surface area contributed by atoms with Gasteiger partial charge in [0.15, 0.2) is 5.17 Å². The van der Waals surface area contributed by atoms with Gasteiger partial charge in [-0.25, -0.2) is 0 Å². The highest BCUT2D eigenvalue weighted by molar-refractivity contribution is 8.13. The van der Waals surface area contributed by atoms with Gasteiger partial charge in [0.05, 0.1) is 16.3 Å². The second-order valence-electron chi connectivity index (χ2n) is 4.81. The quantitative estimate of drug-likeness (QED) is 0.627. The van der Waals surface area contributed by atoms with Crippen molar-refractivity contribution in [2.45, 2.75) is 5.75 Å². The maximum absolute atomic E-state index is 12.4. The van der Waals surface area contributed by atoms with Gasteiger partial charge in [0.25, 0.3) is 11.6 Å². The first kappa shape index (κ1) is 15.7. The summed E-state index contributed by atoms with van der Waals surface area (Å²) >= 11 is 2.89. The minimum atomic E-state index is -0.417. The molecule has 2 heterocycles. The molecule has 0 bridgehead atoms. The molecule has 1 aliphatic rings. The van der Waals surface area contributed by atoms with Crippen LogP contribution in [-0.4, -0.2) is 34.0 Å². The fourth-order valence-electron chi connectivity index (χ4n) is 2.13. The van der Waals surface area contributed by atoms with Gasteiger partial charge >= 0.3 is 0 Å². The Morgan fingerprint density at radius 1 is 1.35 bits per heavy atom. The molecule has 0 unspecified atom stereocenters. The van der Waals surface area contributed by atoms with Crippen molar-refractivity contribution >= 4 is 39.9 Å². The van der Waals surface area contributed by atoms with E-state index >= 15 is 0 Å². The summed E-state index contributed by atoms with van der Waals surface area (Å²) in [6, 6.07) is 10.1. The van der Waals surface area contributed by atoms with Gasteiger partial charge in [-0.15, -0.1) is 11.3 Å². The molecule has 1 aromatic heterocycles. The summed E-state index contributed by atoms with van der Waals surface area (Å²) < 4.78 is 0. The molecule has 1 amide bonds. The van der Waals surface area contributed by atoms with E-state index in [1.54, 1.807) is 17.0 Å². The third-order valence-corrected chi connectivity index (χ3v) is 5.24. The predicted molar refractivity (Wildman–Crippen MR) is 92.0 cm³/mol. The van der Waals surface area contributed by atoms with Crippen LogP contribution in [0.15, 0.2) is 46.8 Å². The number of amides is 1. The molecule has 0 saturated heterocycles. The zero-order chi connectivity index (χ0) is 16.2. The van der Waals surface area contributed by atoms with E-state index in [1.165, 1.54) is 35.2 Å². The third-order valence-electron chi connectivity index (χ3n) is 3.29. The number of nitro benzene ring substituents is 1. The van der Waals surface area contributed by atoms with Crippen molar-refractivity contribution in [3.8, 4) is 0 Å². The largest absolute Gasteiger partial charge is 0.285 e. The summed E-state index contributed by atoms with van der Waals surface area (Å²) in [5, 5.41) is 13.2. The molecular formula is C15H13N3O3S2. The smallest absolute Gasteiger partial charge is 0.269 e. The molecule has 0 N–H and O–H groups in total. The number of rotatable bonds is 4. The van der Waals surface area contributed by atoms with E-state index in [1.807, 2.05) is 17.5 Å². The maximum atomic E-state index is 12.4. The topological polar surface area (TPSA) is 75.8 Å². The van der Waals surface area contributed by atoms with Crippen LogP contribution >= 0.6 is 23.1 Å². The molecule has 23 heavy (non-hydrogen) atoms. The first-order valence-electron chi connectivity index (χ1n) is 6.91. The normalized spacial score (nSPS) is 13.9. The average Bonchev–Trinajstić information content (AvgIpc) is 3.24. The zero-order valence-electron chi connectivity index (χ0n) is 12.0. The molecular weight excluding hydrogens is 334 g/mol. The van der Waals surface area contributed by atoms with Gasteiger partial charge in [-0.3, -0.25) is 24.8 Å². The second kappa shape index (κ2) is 6.93. The zero-order valence-corrected chi connectivity index (χ0v) is 13.7. The predicted octanol–water partition coefficient (Wildman–Crippen LogP) is 3.40. The number of carbonyl (C=O) groups excluding carboxylic acids is 1. The number of aliphatic imine (C=N–C) groups is 1. The first-order valence-corrected chi connectivity index (χ1v) is 8.77. The van der Waals surface area contributed by atoms with Gasteiger partial charge in [-0.2, -0.15) is 0 Å². The van der Waals surface area contributed by atoms with Gasteiger partial charge in [-0.1, -0.05) is 30.0 Å². The van der Waals surface area contributed by atoms with Crippen molar-refractivity contribution < 1.29 is 9.72 Å². The fraction of sp³-hybridized carbons (Fsp3) is 0.200. The number of amidine groups is 1. The Hall–Kier alpha value is -2.19. The van der Waals surface area contributed by atoms with Crippen molar-refractivity contribution in [2.75, 3.05) is 13.1 Å². The van der Waals surface area contributed by atoms with Crippen LogP contribution in [0, 0.1) is 10.1 Å². The van der Waals surface area contributed by atoms with Gasteiger partial charge in [-0.05, 0) is 17.0 Å². The lowest BCUT2D eigenvalue weighted by Gasteiger charge is -2.16. The molecule has 1 aliphatic heterocycles. The minimum Gasteiger partial charge on any atom is -0.285 e. The molecule has 0 atom stereocenters. The maximum Gasteiger partial charge on any atom is 0.269 e. The van der Waals surface area contributed by atoms with E-state index < -0.39 is 4.92 Å². The minimum absolute atomic E-state index is 0.0209. The molecule has 0 fully saturated rings. The summed E-state index contributed by atoms with van der Waals surface area (Å²) in [5.74, 6) is 0.595. The van der Waals surface area contributed by atoms with Crippen LogP contribution in [0.1, 0.15) is 15.2 Å². The standard InChI is InChI=1S/C15H13N3O3S2/c19-14(13-2-1-9-22-13)17-8-7-16-15(17)23-10-11-3-5-12(6-4-11)18(20)21/h1-6,9H,7-8,10H2. The molecule has 3 rings (SSSR count). The van der Waals surface area contributed by atoms with Crippen LogP contribution in [0.4, 0.5) is 5.69 Å². The molecule has 0 radical (unpaired) electrons. The van der Waals surface area contributed by atoms with E-state index in [0.717, 1.165) is 5.56 Å². The van der Waals surface area contributed by atoms with E-state index in [2.05, 4.69) is 4.99 Å². The Kier molecular flexibility index (Phi) is 4.73. The number of non-ortho nitro benzene ring substituents is 1. The van der Waals surface area contributed by atoms with E-state index in [0.29, 0.717) is 28.9 Å². The average molecular weight is 347 g/mol. The lowest BCUT2D eigenvalue weighted by Crippen LogP contribution is -2.32. The van der Waals surface area contributed by atoms with Crippen molar-refractivity contribution in [1.82, 2.24) is 4.90 Å². The first-order chi connectivity index (χ1) is 11.1. The Labute approximate surface area is 141 Å². The fourth-order valence-corrected chi connectivity index (χ4v) is 3.81. The summed E-state index contributed by atoms with van der Waals surface area (Å²) in [6.45, 7) is 1.21. The summed E-state index contributed by atoms with van der Waals surface area (Å²) in [6.07, 6.45) is 0. The number of nitro groups is 1. The SMILES string of the molecule is O=C(c1cccs1)N1CCN=C1SCc1ccc([N+](=O)[O-])cc1. The van der Waals surface area contributed by atoms with Gasteiger partial charge in [0.1, 0.15) is 0 Å². The highest BCUT2D eigenvalue weighted by Gasteiger charge is 2.25. The van der Waals surface area contributed by atoms with Crippen LogP contribution in [0.25, 0.3) is 0 Å². The van der Waals surface area contributed by atoms with Gasteiger partial charge in [0.2, 0.25) is 0 Å². The van der Waals surface area contributed by atoms with Crippen molar-refractivity contribution in [3.05, 3.63) is 62.3 Å². The monoisotopic (exact) mass is 347 g/mol. The van der Waals surface area contributed by atoms with Crippen LogP contribution in [0.2, 0.25) is 0 Å².